The Bertz CT molecular complexity index is 353. The van der Waals surface area contributed by atoms with E-state index in [0.717, 1.165) is 51.6 Å². The van der Waals surface area contributed by atoms with Gasteiger partial charge in [0.2, 0.25) is 11.8 Å². The summed E-state index contributed by atoms with van der Waals surface area (Å²) in [6.07, 6.45) is 7.00. The minimum absolute atomic E-state index is 0.00184. The molecule has 1 saturated heterocycles. The number of nitrogens with zero attached hydrogens (tertiary/aromatic N) is 1. The number of hydrogen-bond acceptors (Lipinski definition) is 3. The van der Waals surface area contributed by atoms with Gasteiger partial charge in [-0.3, -0.25) is 9.59 Å². The molecule has 2 fully saturated rings. The maximum atomic E-state index is 12.3. The summed E-state index contributed by atoms with van der Waals surface area (Å²) in [7, 11) is 0. The molecule has 20 heavy (non-hydrogen) atoms. The quantitative estimate of drug-likeness (QED) is 0.811. The number of carbonyl (C=O) groups excluding carboxylic acids is 2. The van der Waals surface area contributed by atoms with Gasteiger partial charge in [0.25, 0.3) is 0 Å². The fourth-order valence-corrected chi connectivity index (χ4v) is 3.25. The van der Waals surface area contributed by atoms with E-state index in [1.807, 2.05) is 4.90 Å². The third-order valence-electron chi connectivity index (χ3n) is 4.48. The molecule has 3 unspecified atom stereocenters. The van der Waals surface area contributed by atoms with Gasteiger partial charge in [-0.1, -0.05) is 6.42 Å². The molecule has 1 saturated carbocycles. The molecule has 0 aromatic heterocycles. The first-order chi connectivity index (χ1) is 9.58. The van der Waals surface area contributed by atoms with Crippen LogP contribution in [-0.2, 0) is 9.59 Å². The van der Waals surface area contributed by atoms with Crippen molar-refractivity contribution in [3.05, 3.63) is 0 Å². The average molecular weight is 281 g/mol. The Hall–Kier alpha value is -1.10. The molecule has 5 nitrogen and oxygen atoms in total. The van der Waals surface area contributed by atoms with Gasteiger partial charge in [0.15, 0.2) is 0 Å². The van der Waals surface area contributed by atoms with Crippen molar-refractivity contribution in [3.63, 3.8) is 0 Å². The highest BCUT2D eigenvalue weighted by molar-refractivity contribution is 5.88. The fourth-order valence-electron chi connectivity index (χ4n) is 3.25. The summed E-state index contributed by atoms with van der Waals surface area (Å²) in [4.78, 5) is 26.3. The molecule has 3 N–H and O–H groups in total. The molecular formula is C15H27N3O2. The maximum Gasteiger partial charge on any atom is 0.244 e. The van der Waals surface area contributed by atoms with Crippen LogP contribution in [0.1, 0.15) is 51.9 Å². The van der Waals surface area contributed by atoms with Crippen LogP contribution in [0.4, 0.5) is 0 Å². The van der Waals surface area contributed by atoms with Gasteiger partial charge in [-0.05, 0) is 45.4 Å². The van der Waals surface area contributed by atoms with Crippen molar-refractivity contribution < 1.29 is 9.59 Å². The van der Waals surface area contributed by atoms with Crippen molar-refractivity contribution in [3.8, 4) is 0 Å². The second kappa shape index (κ2) is 7.07. The van der Waals surface area contributed by atoms with Gasteiger partial charge >= 0.3 is 0 Å². The summed E-state index contributed by atoms with van der Waals surface area (Å²) >= 11 is 0. The Morgan fingerprint density at radius 1 is 1.15 bits per heavy atom. The number of nitrogens with two attached hydrogens (primary N) is 1. The largest absolute Gasteiger partial charge is 0.344 e. The molecule has 1 heterocycles. The van der Waals surface area contributed by atoms with Crippen molar-refractivity contribution in [1.82, 2.24) is 10.2 Å². The lowest BCUT2D eigenvalue weighted by molar-refractivity contribution is -0.138. The van der Waals surface area contributed by atoms with Crippen LogP contribution in [-0.4, -0.2) is 41.9 Å². The summed E-state index contributed by atoms with van der Waals surface area (Å²) in [5.74, 6) is 0.0338. The van der Waals surface area contributed by atoms with Crippen LogP contribution < -0.4 is 11.1 Å². The monoisotopic (exact) mass is 281 g/mol. The minimum Gasteiger partial charge on any atom is -0.344 e. The number of nitrogens with one attached hydrogen (secondary N) is 1. The topological polar surface area (TPSA) is 75.4 Å². The van der Waals surface area contributed by atoms with Crippen LogP contribution in [0.3, 0.4) is 0 Å². The zero-order valence-corrected chi connectivity index (χ0v) is 12.4. The lowest BCUT2D eigenvalue weighted by Gasteiger charge is -2.31. The average Bonchev–Trinajstić information content (AvgIpc) is 2.47. The highest BCUT2D eigenvalue weighted by Crippen LogP contribution is 2.23. The van der Waals surface area contributed by atoms with E-state index < -0.39 is 6.04 Å². The van der Waals surface area contributed by atoms with Crippen LogP contribution in [0.25, 0.3) is 0 Å². The van der Waals surface area contributed by atoms with E-state index in [1.165, 1.54) is 6.42 Å². The molecular weight excluding hydrogens is 254 g/mol. The van der Waals surface area contributed by atoms with Gasteiger partial charge in [-0.2, -0.15) is 0 Å². The molecule has 2 amide bonds. The molecule has 0 radical (unpaired) electrons. The van der Waals surface area contributed by atoms with Crippen molar-refractivity contribution in [2.75, 3.05) is 13.1 Å². The summed E-state index contributed by atoms with van der Waals surface area (Å²) in [5.41, 5.74) is 5.92. The van der Waals surface area contributed by atoms with Crippen LogP contribution in [0.5, 0.6) is 0 Å². The van der Waals surface area contributed by atoms with E-state index in [0.29, 0.717) is 0 Å². The van der Waals surface area contributed by atoms with E-state index in [2.05, 4.69) is 5.32 Å². The lowest BCUT2D eigenvalue weighted by atomic mass is 9.85. The molecule has 3 atom stereocenters. The summed E-state index contributed by atoms with van der Waals surface area (Å²) < 4.78 is 0. The lowest BCUT2D eigenvalue weighted by Crippen LogP contribution is -2.50. The van der Waals surface area contributed by atoms with Gasteiger partial charge in [-0.15, -0.1) is 0 Å². The molecule has 0 bridgehead atoms. The number of likely N-dealkylation sites (tertiary alicyclic amines) is 1. The van der Waals surface area contributed by atoms with Crippen LogP contribution in [0.2, 0.25) is 0 Å². The highest BCUT2D eigenvalue weighted by Gasteiger charge is 2.29. The van der Waals surface area contributed by atoms with Crippen molar-refractivity contribution >= 4 is 11.8 Å². The van der Waals surface area contributed by atoms with Gasteiger partial charge in [-0.25, -0.2) is 0 Å². The molecule has 5 heteroatoms. The van der Waals surface area contributed by atoms with Crippen molar-refractivity contribution in [2.24, 2.45) is 11.7 Å². The zero-order chi connectivity index (χ0) is 14.5. The summed E-state index contributed by atoms with van der Waals surface area (Å²) in [6, 6.07) is -0.286. The van der Waals surface area contributed by atoms with Crippen molar-refractivity contribution in [1.29, 1.82) is 0 Å². The Morgan fingerprint density at radius 2 is 1.85 bits per heavy atom. The number of rotatable bonds is 3. The Morgan fingerprint density at radius 3 is 2.50 bits per heavy atom. The summed E-state index contributed by atoms with van der Waals surface area (Å²) in [5, 5.41) is 2.88. The number of amides is 2. The predicted molar refractivity (Wildman–Crippen MR) is 78.0 cm³/mol. The second-order valence-electron chi connectivity index (χ2n) is 6.24. The smallest absolute Gasteiger partial charge is 0.244 e. The Kier molecular flexibility index (Phi) is 5.40. The van der Waals surface area contributed by atoms with E-state index in [-0.39, 0.29) is 23.8 Å². The first kappa shape index (κ1) is 15.3. The van der Waals surface area contributed by atoms with Gasteiger partial charge < -0.3 is 16.0 Å². The maximum absolute atomic E-state index is 12.3. The van der Waals surface area contributed by atoms with E-state index >= 15 is 0 Å². The normalized spacial score (nSPS) is 28.8. The first-order valence-corrected chi connectivity index (χ1v) is 7.92. The van der Waals surface area contributed by atoms with Crippen molar-refractivity contribution in [2.45, 2.75) is 64.0 Å². The van der Waals surface area contributed by atoms with Gasteiger partial charge in [0.05, 0.1) is 0 Å². The molecule has 0 spiro atoms. The van der Waals surface area contributed by atoms with Gasteiger partial charge in [0.1, 0.15) is 6.04 Å². The first-order valence-electron chi connectivity index (χ1n) is 7.92. The third-order valence-corrected chi connectivity index (χ3v) is 4.48. The third kappa shape index (κ3) is 3.95. The second-order valence-corrected chi connectivity index (χ2v) is 6.24. The van der Waals surface area contributed by atoms with Crippen LogP contribution in [0, 0.1) is 5.92 Å². The molecule has 2 rings (SSSR count). The molecule has 1 aliphatic carbocycles. The van der Waals surface area contributed by atoms with E-state index in [4.69, 9.17) is 5.73 Å². The fraction of sp³-hybridized carbons (Fsp3) is 0.867. The predicted octanol–water partition coefficient (Wildman–Crippen LogP) is 1.02. The minimum atomic E-state index is -0.418. The van der Waals surface area contributed by atoms with E-state index in [1.54, 1.807) is 6.92 Å². The molecule has 2 aliphatic rings. The standard InChI is InChI=1S/C15H27N3O2/c1-11(15(20)18-8-3-2-4-9-18)17-14(19)12-6-5-7-13(16)10-12/h11-13H,2-10,16H2,1H3,(H,17,19). The summed E-state index contributed by atoms with van der Waals surface area (Å²) in [6.45, 7) is 3.44. The zero-order valence-electron chi connectivity index (χ0n) is 12.4. The molecule has 0 aromatic carbocycles. The Balaban J connectivity index is 1.81. The number of carbonyl (C=O) groups is 2. The molecule has 114 valence electrons. The highest BCUT2D eigenvalue weighted by atomic mass is 16.2. The number of hydrogen-bond donors (Lipinski definition) is 2. The Labute approximate surface area is 121 Å². The van der Waals surface area contributed by atoms with E-state index in [9.17, 15) is 9.59 Å². The SMILES string of the molecule is CC(NC(=O)C1CCCC(N)C1)C(=O)N1CCCCC1. The molecule has 0 aromatic rings. The van der Waals surface area contributed by atoms with Crippen LogP contribution in [0.15, 0.2) is 0 Å². The van der Waals surface area contributed by atoms with Gasteiger partial charge in [0, 0.05) is 25.0 Å². The number of piperidine rings is 1. The van der Waals surface area contributed by atoms with Crippen LogP contribution >= 0.6 is 0 Å². The molecule has 1 aliphatic heterocycles.